The number of anilines is 2. The number of likely N-dealkylation sites (N-methyl/N-ethyl adjacent to an activating group) is 1. The molecule has 186 valence electrons. The number of rotatable bonds is 4. The number of hydrogen-bond donors (Lipinski definition) is 2. The molecule has 3 aromatic rings. The van der Waals surface area contributed by atoms with E-state index in [1.807, 2.05) is 11.9 Å². The van der Waals surface area contributed by atoms with E-state index >= 15 is 0 Å². The Morgan fingerprint density at radius 1 is 1.06 bits per heavy atom. The van der Waals surface area contributed by atoms with Crippen LogP contribution in [-0.4, -0.2) is 64.1 Å². The third kappa shape index (κ3) is 6.56. The summed E-state index contributed by atoms with van der Waals surface area (Å²) in [5.74, 6) is 5.28. The molecule has 1 aliphatic rings. The molecule has 0 radical (unpaired) electrons. The second kappa shape index (κ2) is 10.7. The Labute approximate surface area is 206 Å². The minimum Gasteiger partial charge on any atom is -0.382 e. The molecule has 4 rings (SSSR count). The average molecular weight is 496 g/mol. The number of amides is 1. The summed E-state index contributed by atoms with van der Waals surface area (Å²) in [5, 5.41) is 10.1. The quantitative estimate of drug-likeness (QED) is 0.537. The first-order valence-corrected chi connectivity index (χ1v) is 11.2. The van der Waals surface area contributed by atoms with Gasteiger partial charge in [-0.05, 0) is 48.9 Å². The van der Waals surface area contributed by atoms with Crippen LogP contribution < -0.4 is 11.1 Å². The fraction of sp³-hybridized carbons (Fsp3) is 0.280. The summed E-state index contributed by atoms with van der Waals surface area (Å²) in [5.41, 5.74) is 5.92. The number of hydrogen-bond acceptors (Lipinski definition) is 7. The molecule has 0 aliphatic carbocycles. The molecule has 2 aromatic heterocycles. The molecule has 36 heavy (non-hydrogen) atoms. The predicted octanol–water partition coefficient (Wildman–Crippen LogP) is 2.87. The van der Waals surface area contributed by atoms with E-state index in [9.17, 15) is 18.0 Å². The maximum Gasteiger partial charge on any atom is 0.416 e. The number of carbonyl (C=O) groups excluding carboxylic acids is 1. The molecule has 1 aliphatic heterocycles. The van der Waals surface area contributed by atoms with Crippen molar-refractivity contribution in [3.05, 3.63) is 76.7 Å². The van der Waals surface area contributed by atoms with Crippen LogP contribution >= 0.6 is 0 Å². The monoisotopic (exact) mass is 495 g/mol. The molecule has 0 unspecified atom stereocenters. The standard InChI is InChI=1S/C25H24F3N7O/c1-34-8-10-35(11-9-34)16-18-3-5-21(13-22(18)25(26,27)28)31-24(36)19-12-17(14-30-15-19)2-4-20-6-7-23(29)33-32-20/h3,5-7,12-15H,8-11,16H2,1H3,(H2,29,33)(H,31,36). The highest BCUT2D eigenvalue weighted by Gasteiger charge is 2.34. The van der Waals surface area contributed by atoms with Crippen molar-refractivity contribution in [2.75, 3.05) is 44.3 Å². The van der Waals surface area contributed by atoms with Crippen LogP contribution in [-0.2, 0) is 12.7 Å². The van der Waals surface area contributed by atoms with Gasteiger partial charge in [-0.2, -0.15) is 13.2 Å². The lowest BCUT2D eigenvalue weighted by Gasteiger charge is -2.33. The van der Waals surface area contributed by atoms with Crippen LogP contribution in [0.5, 0.6) is 0 Å². The lowest BCUT2D eigenvalue weighted by Crippen LogP contribution is -2.44. The molecule has 0 spiro atoms. The van der Waals surface area contributed by atoms with Crippen LogP contribution in [0.3, 0.4) is 0 Å². The van der Waals surface area contributed by atoms with E-state index in [0.29, 0.717) is 24.3 Å². The number of piperazine rings is 1. The number of nitrogens with zero attached hydrogens (tertiary/aromatic N) is 5. The second-order valence-corrected chi connectivity index (χ2v) is 8.46. The van der Waals surface area contributed by atoms with Crippen LogP contribution in [0.1, 0.15) is 32.7 Å². The van der Waals surface area contributed by atoms with Crippen molar-refractivity contribution in [2.45, 2.75) is 12.7 Å². The zero-order valence-corrected chi connectivity index (χ0v) is 19.5. The van der Waals surface area contributed by atoms with E-state index in [-0.39, 0.29) is 29.2 Å². The van der Waals surface area contributed by atoms with Crippen LogP contribution in [0.15, 0.2) is 48.8 Å². The van der Waals surface area contributed by atoms with E-state index in [1.54, 1.807) is 12.1 Å². The molecule has 1 saturated heterocycles. The number of nitrogens with two attached hydrogens (primary N) is 1. The van der Waals surface area contributed by atoms with Gasteiger partial charge in [0.05, 0.1) is 11.1 Å². The van der Waals surface area contributed by atoms with Crippen molar-refractivity contribution in [3.63, 3.8) is 0 Å². The van der Waals surface area contributed by atoms with Crippen LogP contribution in [0.2, 0.25) is 0 Å². The largest absolute Gasteiger partial charge is 0.416 e. The molecule has 11 heteroatoms. The average Bonchev–Trinajstić information content (AvgIpc) is 2.85. The maximum absolute atomic E-state index is 13.8. The summed E-state index contributed by atoms with van der Waals surface area (Å²) in [6, 6.07) is 8.53. The van der Waals surface area contributed by atoms with Crippen molar-refractivity contribution in [2.24, 2.45) is 0 Å². The van der Waals surface area contributed by atoms with Gasteiger partial charge in [-0.3, -0.25) is 14.7 Å². The number of pyridine rings is 1. The highest BCUT2D eigenvalue weighted by atomic mass is 19.4. The minimum atomic E-state index is -4.55. The molecule has 8 nitrogen and oxygen atoms in total. The Morgan fingerprint density at radius 2 is 1.83 bits per heavy atom. The minimum absolute atomic E-state index is 0.0445. The third-order valence-electron chi connectivity index (χ3n) is 5.68. The Kier molecular flexibility index (Phi) is 7.47. The zero-order chi connectivity index (χ0) is 25.7. The summed E-state index contributed by atoms with van der Waals surface area (Å²) >= 11 is 0. The summed E-state index contributed by atoms with van der Waals surface area (Å²) in [4.78, 5) is 20.9. The van der Waals surface area contributed by atoms with E-state index < -0.39 is 17.6 Å². The third-order valence-corrected chi connectivity index (χ3v) is 5.68. The van der Waals surface area contributed by atoms with Gasteiger partial charge < -0.3 is 16.0 Å². The maximum atomic E-state index is 13.8. The first-order chi connectivity index (χ1) is 17.2. The highest BCUT2D eigenvalue weighted by Crippen LogP contribution is 2.34. The molecule has 3 heterocycles. The van der Waals surface area contributed by atoms with E-state index in [0.717, 1.165) is 19.2 Å². The Balaban J connectivity index is 1.49. The lowest BCUT2D eigenvalue weighted by atomic mass is 10.0. The Hall–Kier alpha value is -4.01. The van der Waals surface area contributed by atoms with Crippen LogP contribution in [0.4, 0.5) is 24.7 Å². The van der Waals surface area contributed by atoms with Gasteiger partial charge in [-0.1, -0.05) is 12.0 Å². The van der Waals surface area contributed by atoms with Gasteiger partial charge in [0.25, 0.3) is 5.91 Å². The van der Waals surface area contributed by atoms with Crippen molar-refractivity contribution in [3.8, 4) is 11.8 Å². The van der Waals surface area contributed by atoms with Gasteiger partial charge in [0, 0.05) is 56.4 Å². The fourth-order valence-electron chi connectivity index (χ4n) is 3.68. The van der Waals surface area contributed by atoms with Gasteiger partial charge in [0.2, 0.25) is 0 Å². The predicted molar refractivity (Wildman–Crippen MR) is 129 cm³/mol. The van der Waals surface area contributed by atoms with Crippen LogP contribution in [0.25, 0.3) is 0 Å². The number of aromatic nitrogens is 3. The van der Waals surface area contributed by atoms with E-state index in [1.165, 1.54) is 30.6 Å². The molecule has 1 amide bonds. The molecule has 1 fully saturated rings. The highest BCUT2D eigenvalue weighted by molar-refractivity contribution is 6.04. The second-order valence-electron chi connectivity index (χ2n) is 8.46. The summed E-state index contributed by atoms with van der Waals surface area (Å²) < 4.78 is 41.5. The summed E-state index contributed by atoms with van der Waals surface area (Å²) in [6.07, 6.45) is -1.77. The van der Waals surface area contributed by atoms with Crippen molar-refractivity contribution in [1.82, 2.24) is 25.0 Å². The Bertz CT molecular complexity index is 1290. The van der Waals surface area contributed by atoms with Crippen molar-refractivity contribution < 1.29 is 18.0 Å². The number of nitrogens with one attached hydrogen (secondary N) is 1. The fourth-order valence-corrected chi connectivity index (χ4v) is 3.68. The molecule has 0 bridgehead atoms. The molecular formula is C25H24F3N7O. The number of carbonyl (C=O) groups is 1. The first-order valence-electron chi connectivity index (χ1n) is 11.2. The normalized spacial score (nSPS) is 14.7. The van der Waals surface area contributed by atoms with Gasteiger partial charge in [0.15, 0.2) is 0 Å². The number of benzene rings is 1. The Morgan fingerprint density at radius 3 is 2.53 bits per heavy atom. The molecule has 0 atom stereocenters. The topological polar surface area (TPSA) is 100 Å². The SMILES string of the molecule is CN1CCN(Cc2ccc(NC(=O)c3cncc(C#Cc4ccc(N)nn4)c3)cc2C(F)(F)F)CC1. The van der Waals surface area contributed by atoms with E-state index in [4.69, 9.17) is 5.73 Å². The van der Waals surface area contributed by atoms with Crippen molar-refractivity contribution in [1.29, 1.82) is 0 Å². The van der Waals surface area contributed by atoms with E-state index in [2.05, 4.69) is 37.2 Å². The first kappa shape index (κ1) is 25.1. The van der Waals surface area contributed by atoms with Gasteiger partial charge in [-0.15, -0.1) is 10.2 Å². The number of halogens is 3. The summed E-state index contributed by atoms with van der Waals surface area (Å²) in [7, 11) is 1.99. The van der Waals surface area contributed by atoms with Gasteiger partial charge in [0.1, 0.15) is 11.5 Å². The molecule has 3 N–H and O–H groups in total. The smallest absolute Gasteiger partial charge is 0.382 e. The van der Waals surface area contributed by atoms with Crippen molar-refractivity contribution >= 4 is 17.4 Å². The molecular weight excluding hydrogens is 471 g/mol. The zero-order valence-electron chi connectivity index (χ0n) is 19.5. The van der Waals surface area contributed by atoms with Crippen LogP contribution in [0, 0.1) is 11.8 Å². The lowest BCUT2D eigenvalue weighted by molar-refractivity contribution is -0.138. The number of nitrogen functional groups attached to an aromatic ring is 1. The van der Waals surface area contributed by atoms with Gasteiger partial charge >= 0.3 is 6.18 Å². The van der Waals surface area contributed by atoms with Gasteiger partial charge in [-0.25, -0.2) is 0 Å². The summed E-state index contributed by atoms with van der Waals surface area (Å²) in [6.45, 7) is 3.20. The molecule has 0 saturated carbocycles. The number of alkyl halides is 3. The molecule has 1 aromatic carbocycles.